The van der Waals surface area contributed by atoms with Crippen LogP contribution >= 0.6 is 0 Å². The van der Waals surface area contributed by atoms with E-state index < -0.39 is 5.97 Å². The topological polar surface area (TPSA) is 86.0 Å². The van der Waals surface area contributed by atoms with Gasteiger partial charge in [-0.05, 0) is 43.2 Å². The van der Waals surface area contributed by atoms with Crippen LogP contribution in [0.4, 0.5) is 11.4 Å². The van der Waals surface area contributed by atoms with Crippen molar-refractivity contribution in [3.05, 3.63) is 77.0 Å². The second-order valence-electron chi connectivity index (χ2n) is 6.22. The van der Waals surface area contributed by atoms with Crippen LogP contribution in [0.2, 0.25) is 0 Å². The normalized spacial score (nSPS) is 10.3. The van der Waals surface area contributed by atoms with E-state index in [2.05, 4.69) is 16.4 Å². The van der Waals surface area contributed by atoms with E-state index in [1.165, 1.54) is 0 Å². The molecule has 0 spiro atoms. The van der Waals surface area contributed by atoms with E-state index >= 15 is 0 Å². The van der Waals surface area contributed by atoms with Gasteiger partial charge in [-0.3, -0.25) is 4.98 Å². The van der Waals surface area contributed by atoms with Crippen LogP contribution in [0.1, 0.15) is 34.0 Å². The lowest BCUT2D eigenvalue weighted by Crippen LogP contribution is -2.04. The lowest BCUT2D eigenvalue weighted by Gasteiger charge is -2.14. The molecule has 0 aliphatic carbocycles. The summed E-state index contributed by atoms with van der Waals surface area (Å²) in [7, 11) is 0. The first-order chi connectivity index (χ1) is 13.0. The fraction of sp³-hybridized carbons (Fsp3) is 0.136. The predicted octanol–water partition coefficient (Wildman–Crippen LogP) is 4.93. The van der Waals surface area contributed by atoms with Gasteiger partial charge in [0.2, 0.25) is 0 Å². The predicted molar refractivity (Wildman–Crippen MR) is 105 cm³/mol. The molecule has 134 valence electrons. The summed E-state index contributed by atoms with van der Waals surface area (Å²) in [5.41, 5.74) is 5.44. The maximum Gasteiger partial charge on any atom is 0.337 e. The largest absolute Gasteiger partial charge is 0.478 e. The number of carboxylic acid groups (broad SMARTS) is 1. The zero-order valence-corrected chi connectivity index (χ0v) is 15.2. The molecular formula is C22H19N3O2. The Balaban J connectivity index is 2.01. The SMILES string of the molecule is CCc1cc(Nc2ccc(C)cc2C(=O)O)cnc1-c1ccccc1C#N. The number of aromatic carboxylic acids is 1. The van der Waals surface area contributed by atoms with E-state index in [4.69, 9.17) is 0 Å². The lowest BCUT2D eigenvalue weighted by atomic mass is 9.99. The highest BCUT2D eigenvalue weighted by Crippen LogP contribution is 2.29. The van der Waals surface area contributed by atoms with Crippen molar-refractivity contribution < 1.29 is 9.90 Å². The molecule has 5 nitrogen and oxygen atoms in total. The van der Waals surface area contributed by atoms with Gasteiger partial charge >= 0.3 is 5.97 Å². The summed E-state index contributed by atoms with van der Waals surface area (Å²) < 4.78 is 0. The van der Waals surface area contributed by atoms with Crippen LogP contribution in [0.15, 0.2) is 54.7 Å². The quantitative estimate of drug-likeness (QED) is 0.676. The Morgan fingerprint density at radius 3 is 2.70 bits per heavy atom. The number of benzene rings is 2. The summed E-state index contributed by atoms with van der Waals surface area (Å²) in [5.74, 6) is -0.982. The molecule has 27 heavy (non-hydrogen) atoms. The maximum absolute atomic E-state index is 11.5. The van der Waals surface area contributed by atoms with E-state index in [0.717, 1.165) is 28.8 Å². The number of carbonyl (C=O) groups is 1. The Hall–Kier alpha value is -3.65. The van der Waals surface area contributed by atoms with Crippen molar-refractivity contribution in [2.24, 2.45) is 0 Å². The number of aromatic nitrogens is 1. The Kier molecular flexibility index (Phi) is 5.18. The average Bonchev–Trinajstić information content (AvgIpc) is 2.69. The molecule has 3 aromatic rings. The molecule has 0 aliphatic rings. The van der Waals surface area contributed by atoms with Crippen LogP contribution in [-0.4, -0.2) is 16.1 Å². The van der Waals surface area contributed by atoms with Crippen LogP contribution < -0.4 is 5.32 Å². The van der Waals surface area contributed by atoms with Crippen LogP contribution in [0.3, 0.4) is 0 Å². The molecule has 0 fully saturated rings. The third-order valence-electron chi connectivity index (χ3n) is 4.33. The van der Waals surface area contributed by atoms with Gasteiger partial charge in [-0.1, -0.05) is 36.8 Å². The van der Waals surface area contributed by atoms with Crippen molar-refractivity contribution in [3.63, 3.8) is 0 Å². The fourth-order valence-corrected chi connectivity index (χ4v) is 2.98. The van der Waals surface area contributed by atoms with Crippen molar-refractivity contribution >= 4 is 17.3 Å². The van der Waals surface area contributed by atoms with Gasteiger partial charge in [-0.15, -0.1) is 0 Å². The molecular weight excluding hydrogens is 338 g/mol. The first-order valence-electron chi connectivity index (χ1n) is 8.63. The summed E-state index contributed by atoms with van der Waals surface area (Å²) in [4.78, 5) is 16.1. The molecule has 0 unspecified atom stereocenters. The molecule has 1 heterocycles. The van der Waals surface area contributed by atoms with Crippen molar-refractivity contribution in [1.29, 1.82) is 5.26 Å². The highest BCUT2D eigenvalue weighted by Gasteiger charge is 2.13. The van der Waals surface area contributed by atoms with Crippen molar-refractivity contribution in [1.82, 2.24) is 4.98 Å². The van der Waals surface area contributed by atoms with Crippen LogP contribution in [0.5, 0.6) is 0 Å². The van der Waals surface area contributed by atoms with Crippen LogP contribution in [-0.2, 0) is 6.42 Å². The summed E-state index contributed by atoms with van der Waals surface area (Å²) in [6.45, 7) is 3.88. The number of rotatable bonds is 5. The maximum atomic E-state index is 11.5. The minimum absolute atomic E-state index is 0.215. The smallest absolute Gasteiger partial charge is 0.337 e. The van der Waals surface area contributed by atoms with Gasteiger partial charge in [-0.25, -0.2) is 4.79 Å². The van der Waals surface area contributed by atoms with Gasteiger partial charge < -0.3 is 10.4 Å². The molecule has 2 aromatic carbocycles. The van der Waals surface area contributed by atoms with Crippen LogP contribution in [0.25, 0.3) is 11.3 Å². The number of nitriles is 1. The summed E-state index contributed by atoms with van der Waals surface area (Å²) >= 11 is 0. The zero-order chi connectivity index (χ0) is 19.4. The Morgan fingerprint density at radius 1 is 1.22 bits per heavy atom. The van der Waals surface area contributed by atoms with E-state index in [1.54, 1.807) is 24.4 Å². The molecule has 0 saturated carbocycles. The van der Waals surface area contributed by atoms with Crippen LogP contribution in [0, 0.1) is 18.3 Å². The Bertz CT molecular complexity index is 1050. The summed E-state index contributed by atoms with van der Waals surface area (Å²) in [6, 6.07) is 16.8. The van der Waals surface area contributed by atoms with Crippen molar-refractivity contribution in [3.8, 4) is 17.3 Å². The average molecular weight is 357 g/mol. The lowest BCUT2D eigenvalue weighted by molar-refractivity contribution is 0.0698. The number of carboxylic acids is 1. The molecule has 0 radical (unpaired) electrons. The molecule has 3 rings (SSSR count). The van der Waals surface area contributed by atoms with Gasteiger partial charge in [0, 0.05) is 5.56 Å². The molecule has 0 amide bonds. The number of nitrogens with one attached hydrogen (secondary N) is 1. The highest BCUT2D eigenvalue weighted by atomic mass is 16.4. The van der Waals surface area contributed by atoms with Gasteiger partial charge in [0.05, 0.1) is 40.5 Å². The van der Waals surface area contributed by atoms with Gasteiger partial charge in [0.1, 0.15) is 0 Å². The highest BCUT2D eigenvalue weighted by molar-refractivity contribution is 5.95. The molecule has 1 aromatic heterocycles. The monoisotopic (exact) mass is 357 g/mol. The second kappa shape index (κ2) is 7.71. The third kappa shape index (κ3) is 3.80. The number of hydrogen-bond acceptors (Lipinski definition) is 4. The number of anilines is 2. The third-order valence-corrected chi connectivity index (χ3v) is 4.33. The minimum Gasteiger partial charge on any atom is -0.478 e. The van der Waals surface area contributed by atoms with E-state index in [-0.39, 0.29) is 5.56 Å². The number of nitrogens with zero attached hydrogens (tertiary/aromatic N) is 2. The minimum atomic E-state index is -0.982. The van der Waals surface area contributed by atoms with Crippen molar-refractivity contribution in [2.45, 2.75) is 20.3 Å². The van der Waals surface area contributed by atoms with E-state index in [9.17, 15) is 15.2 Å². The number of hydrogen-bond donors (Lipinski definition) is 2. The molecule has 2 N–H and O–H groups in total. The number of pyridine rings is 1. The van der Waals surface area contributed by atoms with E-state index in [1.807, 2.05) is 44.2 Å². The summed E-state index contributed by atoms with van der Waals surface area (Å²) in [5, 5.41) is 21.9. The first-order valence-corrected chi connectivity index (χ1v) is 8.63. The van der Waals surface area contributed by atoms with Gasteiger partial charge in [0.15, 0.2) is 0 Å². The van der Waals surface area contributed by atoms with E-state index in [0.29, 0.717) is 16.9 Å². The van der Waals surface area contributed by atoms with Gasteiger partial charge in [-0.2, -0.15) is 5.26 Å². The summed E-state index contributed by atoms with van der Waals surface area (Å²) in [6.07, 6.45) is 2.39. The molecule has 0 saturated heterocycles. The van der Waals surface area contributed by atoms with Crippen molar-refractivity contribution in [2.75, 3.05) is 5.32 Å². The molecule has 0 bridgehead atoms. The Labute approximate surface area is 157 Å². The number of aryl methyl sites for hydroxylation is 2. The zero-order valence-electron chi connectivity index (χ0n) is 15.2. The molecule has 0 aliphatic heterocycles. The second-order valence-corrected chi connectivity index (χ2v) is 6.22. The van der Waals surface area contributed by atoms with Gasteiger partial charge in [0.25, 0.3) is 0 Å². The molecule has 5 heteroatoms. The fourth-order valence-electron chi connectivity index (χ4n) is 2.98. The molecule has 0 atom stereocenters. The Morgan fingerprint density at radius 2 is 2.00 bits per heavy atom. The first kappa shape index (κ1) is 18.2. The standard InChI is InChI=1S/C22H19N3O2/c1-3-15-11-17(25-20-9-8-14(2)10-19(20)22(26)27)13-24-21(15)18-7-5-4-6-16(18)12-23/h4-11,13,25H,3H2,1-2H3,(H,26,27).